The van der Waals surface area contributed by atoms with Crippen molar-refractivity contribution in [2.75, 3.05) is 24.3 Å². The first-order valence-electron chi connectivity index (χ1n) is 10.2. The molecule has 0 fully saturated rings. The molecule has 10 heteroatoms. The summed E-state index contributed by atoms with van der Waals surface area (Å²) in [5, 5.41) is 13.3. The minimum atomic E-state index is -0.627. The molecule has 0 saturated carbocycles. The van der Waals surface area contributed by atoms with Crippen LogP contribution in [0.15, 0.2) is 66.9 Å². The first kappa shape index (κ1) is 25.9. The third-order valence-corrected chi connectivity index (χ3v) is 5.19. The third-order valence-electron chi connectivity index (χ3n) is 4.88. The molecule has 0 spiro atoms. The van der Waals surface area contributed by atoms with E-state index in [9.17, 15) is 4.79 Å². The number of aliphatic hydroxyl groups excluding tert-OH is 1. The molecular weight excluding hydrogens is 465 g/mol. The summed E-state index contributed by atoms with van der Waals surface area (Å²) in [6.07, 6.45) is 1.77. The average molecular weight is 486 g/mol. The molecule has 8 nitrogen and oxygen atoms in total. The number of hydroxylamine groups is 1. The monoisotopic (exact) mass is 485 g/mol. The van der Waals surface area contributed by atoms with Gasteiger partial charge in [-0.1, -0.05) is 35.9 Å². The number of nitrogens with zero attached hydrogens (tertiary/aromatic N) is 3. The Balaban J connectivity index is 0.00000324. The van der Waals surface area contributed by atoms with Gasteiger partial charge in [-0.2, -0.15) is 0 Å². The van der Waals surface area contributed by atoms with E-state index in [2.05, 4.69) is 26.8 Å². The summed E-state index contributed by atoms with van der Waals surface area (Å²) in [5.74, 6) is -0.0827. The number of hydrogen-bond acceptors (Lipinski definition) is 7. The van der Waals surface area contributed by atoms with Gasteiger partial charge in [-0.15, -0.1) is 0 Å². The van der Waals surface area contributed by atoms with Gasteiger partial charge in [0.2, 0.25) is 0 Å². The van der Waals surface area contributed by atoms with Crippen molar-refractivity contribution in [3.63, 3.8) is 0 Å². The number of carbonyl (C=O) groups is 1. The van der Waals surface area contributed by atoms with Gasteiger partial charge >= 0.3 is 29.6 Å². The van der Waals surface area contributed by atoms with E-state index in [1.807, 2.05) is 24.3 Å². The van der Waals surface area contributed by atoms with Crippen LogP contribution in [0.3, 0.4) is 0 Å². The number of fused-ring (bicyclic) bond motifs is 1. The Morgan fingerprint density at radius 1 is 1.15 bits per heavy atom. The maximum atomic E-state index is 12.1. The summed E-state index contributed by atoms with van der Waals surface area (Å²) in [6, 6.07) is 18.4. The predicted molar refractivity (Wildman–Crippen MR) is 129 cm³/mol. The van der Waals surface area contributed by atoms with Gasteiger partial charge in [-0.25, -0.2) is 4.98 Å². The first-order chi connectivity index (χ1) is 16.0. The summed E-state index contributed by atoms with van der Waals surface area (Å²) >= 11 is 6.29. The van der Waals surface area contributed by atoms with Crippen molar-refractivity contribution < 1.29 is 44.3 Å². The van der Waals surface area contributed by atoms with E-state index in [1.165, 1.54) is 0 Å². The van der Waals surface area contributed by atoms with Crippen LogP contribution in [-0.4, -0.2) is 34.2 Å². The topological polar surface area (TPSA) is 124 Å². The van der Waals surface area contributed by atoms with Crippen molar-refractivity contribution in [3.05, 3.63) is 88.5 Å². The second kappa shape index (κ2) is 12.1. The normalized spacial score (nSPS) is 10.5. The molecule has 0 unspecified atom stereocenters. The number of aromatic nitrogens is 2. The smallest absolute Gasteiger partial charge is 0.527 e. The van der Waals surface area contributed by atoms with Gasteiger partial charge in [0.15, 0.2) is 0 Å². The standard InChI is InChI=1S/C24H22ClN5O3.Na/c25-19-13-17(4-5-18(19)24(32)30-33-11-10-31)22-8-6-20(26)23(29-22)28-14-15-3-7-21-16(12-15)2-1-9-27-21;/h1-9,12-13,31H,10-11,14H2,(H4,26,28,29,30,32);/q;+1/p-1. The Bertz CT molecular complexity index is 1300. The third kappa shape index (κ3) is 6.24. The van der Waals surface area contributed by atoms with Crippen molar-refractivity contribution in [3.8, 4) is 11.3 Å². The van der Waals surface area contributed by atoms with Gasteiger partial charge in [0.25, 0.3) is 0 Å². The number of nitrogens with one attached hydrogen (secondary N) is 1. The minimum absolute atomic E-state index is 0. The quantitative estimate of drug-likeness (QED) is 0.197. The van der Waals surface area contributed by atoms with Gasteiger partial charge in [-0.3, -0.25) is 4.98 Å². The fraction of sp³-hybridized carbons (Fsp3) is 0.125. The van der Waals surface area contributed by atoms with Crippen LogP contribution in [0, 0.1) is 0 Å². The molecule has 168 valence electrons. The molecule has 2 aromatic heterocycles. The van der Waals surface area contributed by atoms with E-state index in [0.717, 1.165) is 16.5 Å². The van der Waals surface area contributed by atoms with E-state index in [-0.39, 0.29) is 53.4 Å². The molecule has 4 N–H and O–H groups in total. The molecule has 0 radical (unpaired) electrons. The van der Waals surface area contributed by atoms with Crippen molar-refractivity contribution in [2.24, 2.45) is 0 Å². The fourth-order valence-corrected chi connectivity index (χ4v) is 3.50. The van der Waals surface area contributed by atoms with E-state index in [4.69, 9.17) is 27.3 Å². The molecule has 2 heterocycles. The molecule has 4 rings (SSSR count). The largest absolute Gasteiger partial charge is 1.00 e. The van der Waals surface area contributed by atoms with Crippen LogP contribution in [0.5, 0.6) is 0 Å². The van der Waals surface area contributed by atoms with Crippen molar-refractivity contribution in [1.29, 1.82) is 0 Å². The number of nitrogens with two attached hydrogens (primary N) is 1. The molecule has 34 heavy (non-hydrogen) atoms. The number of rotatable bonds is 8. The number of amides is 1. The summed E-state index contributed by atoms with van der Waals surface area (Å²) < 4.78 is 0. The van der Waals surface area contributed by atoms with Crippen LogP contribution < -0.4 is 40.6 Å². The Labute approximate surface area is 223 Å². The van der Waals surface area contributed by atoms with E-state index in [1.54, 1.807) is 36.5 Å². The number of pyridine rings is 2. The number of anilines is 2. The molecule has 0 aliphatic carbocycles. The van der Waals surface area contributed by atoms with Crippen LogP contribution in [0.2, 0.25) is 5.02 Å². The number of aliphatic hydroxyl groups is 1. The summed E-state index contributed by atoms with van der Waals surface area (Å²) in [5.41, 5.74) is 13.6. The zero-order chi connectivity index (χ0) is 23.2. The summed E-state index contributed by atoms with van der Waals surface area (Å²) in [6.45, 7) is 0.235. The van der Waals surface area contributed by atoms with Crippen molar-refractivity contribution >= 4 is 39.9 Å². The molecule has 0 atom stereocenters. The SMILES string of the molecule is Nc1ccc(-c2ccc(C(=O)[N-]OCCO)c(Cl)c2)nc1NCc1ccc2ncccc2c1.[Na+]. The van der Waals surface area contributed by atoms with Gasteiger partial charge < -0.3 is 31.3 Å². The van der Waals surface area contributed by atoms with Crippen LogP contribution in [0.25, 0.3) is 27.6 Å². The number of halogens is 1. The van der Waals surface area contributed by atoms with Crippen molar-refractivity contribution in [1.82, 2.24) is 9.97 Å². The zero-order valence-electron chi connectivity index (χ0n) is 18.5. The van der Waals surface area contributed by atoms with Gasteiger partial charge in [0, 0.05) is 29.3 Å². The minimum Gasteiger partial charge on any atom is -0.527 e. The van der Waals surface area contributed by atoms with Crippen molar-refractivity contribution in [2.45, 2.75) is 6.54 Å². The second-order valence-electron chi connectivity index (χ2n) is 7.17. The Hall–Kier alpha value is -2.72. The Morgan fingerprint density at radius 2 is 2.00 bits per heavy atom. The zero-order valence-corrected chi connectivity index (χ0v) is 21.3. The van der Waals surface area contributed by atoms with Crippen LogP contribution in [0.1, 0.15) is 15.9 Å². The fourth-order valence-electron chi connectivity index (χ4n) is 3.24. The number of hydrogen-bond donors (Lipinski definition) is 3. The molecule has 0 aliphatic rings. The number of nitrogen functional groups attached to an aromatic ring is 1. The van der Waals surface area contributed by atoms with E-state index >= 15 is 0 Å². The maximum Gasteiger partial charge on any atom is 1.00 e. The predicted octanol–water partition coefficient (Wildman–Crippen LogP) is 1.59. The summed E-state index contributed by atoms with van der Waals surface area (Å²) in [4.78, 5) is 25.8. The second-order valence-corrected chi connectivity index (χ2v) is 7.57. The molecule has 0 saturated heterocycles. The first-order valence-corrected chi connectivity index (χ1v) is 10.5. The number of carbonyl (C=O) groups excluding carboxylic acids is 1. The van der Waals surface area contributed by atoms with Gasteiger partial charge in [-0.05, 0) is 42.0 Å². The van der Waals surface area contributed by atoms with Crippen LogP contribution in [-0.2, 0) is 11.4 Å². The Kier molecular flexibility index (Phi) is 9.23. The van der Waals surface area contributed by atoms with Crippen LogP contribution >= 0.6 is 11.6 Å². The molecule has 4 aromatic rings. The number of benzene rings is 2. The molecular formula is C24H21ClN5NaO3. The summed E-state index contributed by atoms with van der Waals surface area (Å²) in [7, 11) is 0. The van der Waals surface area contributed by atoms with E-state index < -0.39 is 5.91 Å². The molecule has 1 amide bonds. The molecule has 0 bridgehead atoms. The van der Waals surface area contributed by atoms with Crippen LogP contribution in [0.4, 0.5) is 11.5 Å². The van der Waals surface area contributed by atoms with Gasteiger partial charge in [0.05, 0.1) is 35.1 Å². The maximum absolute atomic E-state index is 12.1. The Morgan fingerprint density at radius 3 is 2.79 bits per heavy atom. The van der Waals surface area contributed by atoms with Gasteiger partial charge in [0.1, 0.15) is 11.7 Å². The average Bonchev–Trinajstić information content (AvgIpc) is 2.83. The molecule has 2 aromatic carbocycles. The van der Waals surface area contributed by atoms with E-state index in [0.29, 0.717) is 29.3 Å². The molecule has 0 aliphatic heterocycles.